The number of rotatable bonds is 6. The molecule has 1 atom stereocenters. The van der Waals surface area contributed by atoms with Crippen LogP contribution in [-0.4, -0.2) is 36.3 Å². The third-order valence-corrected chi connectivity index (χ3v) is 3.28. The molecule has 1 aliphatic rings. The Balaban J connectivity index is 2.25. The van der Waals surface area contributed by atoms with Crippen LogP contribution in [0.5, 0.6) is 0 Å². The number of fused-ring (bicyclic) bond motifs is 1. The minimum absolute atomic E-state index is 0.136. The number of methoxy groups -OCH3 is 1. The molecule has 1 N–H and O–H groups in total. The molecular weight excluding hydrogens is 242 g/mol. The Morgan fingerprint density at radius 1 is 1.42 bits per heavy atom. The highest BCUT2D eigenvalue weighted by Crippen LogP contribution is 2.22. The van der Waals surface area contributed by atoms with Gasteiger partial charge in [-0.2, -0.15) is 0 Å². The van der Waals surface area contributed by atoms with E-state index in [-0.39, 0.29) is 6.10 Å². The lowest BCUT2D eigenvalue weighted by atomic mass is 10.1. The normalized spacial score (nSPS) is 15.9. The van der Waals surface area contributed by atoms with Gasteiger partial charge >= 0.3 is 0 Å². The summed E-state index contributed by atoms with van der Waals surface area (Å²) in [5.74, 6) is 1.79. The van der Waals surface area contributed by atoms with E-state index in [1.165, 1.54) is 0 Å². The first-order valence-electron chi connectivity index (χ1n) is 6.97. The quantitative estimate of drug-likeness (QED) is 0.852. The molecule has 0 saturated carbocycles. The number of hydrogen-bond acceptors (Lipinski definition) is 5. The van der Waals surface area contributed by atoms with E-state index in [0.717, 1.165) is 55.3 Å². The van der Waals surface area contributed by atoms with Crippen molar-refractivity contribution < 1.29 is 9.47 Å². The first kappa shape index (κ1) is 14.2. The van der Waals surface area contributed by atoms with Crippen LogP contribution in [0.25, 0.3) is 0 Å². The molecule has 1 unspecified atom stereocenters. The molecule has 0 radical (unpaired) electrons. The molecule has 5 heteroatoms. The second-order valence-electron chi connectivity index (χ2n) is 4.89. The van der Waals surface area contributed by atoms with Gasteiger partial charge in [-0.05, 0) is 13.3 Å². The van der Waals surface area contributed by atoms with Crippen LogP contribution in [0.1, 0.15) is 37.4 Å². The van der Waals surface area contributed by atoms with Gasteiger partial charge in [0, 0.05) is 32.1 Å². The van der Waals surface area contributed by atoms with Crippen LogP contribution in [0.3, 0.4) is 0 Å². The molecule has 1 aliphatic heterocycles. The highest BCUT2D eigenvalue weighted by molar-refractivity contribution is 5.47. The van der Waals surface area contributed by atoms with Crippen molar-refractivity contribution in [3.05, 3.63) is 17.1 Å². The molecule has 5 nitrogen and oxygen atoms in total. The van der Waals surface area contributed by atoms with E-state index in [0.29, 0.717) is 6.61 Å². The predicted molar refractivity (Wildman–Crippen MR) is 74.3 cm³/mol. The number of ether oxygens (including phenoxy) is 2. The van der Waals surface area contributed by atoms with Crippen molar-refractivity contribution in [2.45, 2.75) is 45.8 Å². The van der Waals surface area contributed by atoms with E-state index in [4.69, 9.17) is 9.47 Å². The van der Waals surface area contributed by atoms with Crippen molar-refractivity contribution >= 4 is 5.82 Å². The predicted octanol–water partition coefficient (Wildman–Crippen LogP) is 1.95. The van der Waals surface area contributed by atoms with E-state index >= 15 is 0 Å². The topological polar surface area (TPSA) is 56.3 Å². The van der Waals surface area contributed by atoms with Gasteiger partial charge in [0.25, 0.3) is 0 Å². The lowest BCUT2D eigenvalue weighted by Crippen LogP contribution is -2.20. The number of hydrogen-bond donors (Lipinski definition) is 1. The number of aromatic nitrogens is 2. The maximum atomic E-state index is 5.51. The molecule has 0 bridgehead atoms. The second kappa shape index (κ2) is 6.82. The summed E-state index contributed by atoms with van der Waals surface area (Å²) in [7, 11) is 1.72. The first-order valence-corrected chi connectivity index (χ1v) is 6.97. The lowest BCUT2D eigenvalue weighted by Gasteiger charge is -2.20. The van der Waals surface area contributed by atoms with Crippen LogP contribution in [0.4, 0.5) is 5.82 Å². The summed E-state index contributed by atoms with van der Waals surface area (Å²) in [4.78, 5) is 9.29. The van der Waals surface area contributed by atoms with Crippen LogP contribution in [0, 0.1) is 0 Å². The molecule has 2 heterocycles. The third-order valence-electron chi connectivity index (χ3n) is 3.28. The second-order valence-corrected chi connectivity index (χ2v) is 4.89. The van der Waals surface area contributed by atoms with Gasteiger partial charge in [0.05, 0.1) is 25.0 Å². The summed E-state index contributed by atoms with van der Waals surface area (Å²) in [5.41, 5.74) is 2.24. The summed E-state index contributed by atoms with van der Waals surface area (Å²) in [6.07, 6.45) is 2.82. The van der Waals surface area contributed by atoms with E-state index in [9.17, 15) is 0 Å². The fraction of sp³-hybridized carbons (Fsp3) is 0.714. The van der Waals surface area contributed by atoms with Crippen molar-refractivity contribution in [1.29, 1.82) is 0 Å². The summed E-state index contributed by atoms with van der Waals surface area (Å²) in [6.45, 7) is 6.46. The standard InChI is InChI=1S/C14H23N3O2/c1-4-6-15-14-11-9-19-7-5-12(11)16-13(17-14)8-10(2)18-3/h10H,4-9H2,1-3H3,(H,15,16,17). The molecule has 106 valence electrons. The van der Waals surface area contributed by atoms with Crippen LogP contribution in [-0.2, 0) is 28.9 Å². The Kier molecular flexibility index (Phi) is 5.10. The Morgan fingerprint density at radius 3 is 3.00 bits per heavy atom. The zero-order valence-corrected chi connectivity index (χ0v) is 12.0. The molecule has 0 aliphatic carbocycles. The lowest BCUT2D eigenvalue weighted by molar-refractivity contribution is 0.108. The average molecular weight is 265 g/mol. The molecule has 1 aromatic heterocycles. The van der Waals surface area contributed by atoms with E-state index in [2.05, 4.69) is 22.2 Å². The van der Waals surface area contributed by atoms with Gasteiger partial charge in [-0.3, -0.25) is 0 Å². The van der Waals surface area contributed by atoms with Gasteiger partial charge in [-0.15, -0.1) is 0 Å². The summed E-state index contributed by atoms with van der Waals surface area (Å²) < 4.78 is 10.8. The number of anilines is 1. The Morgan fingerprint density at radius 2 is 2.26 bits per heavy atom. The van der Waals surface area contributed by atoms with Crippen LogP contribution >= 0.6 is 0 Å². The van der Waals surface area contributed by atoms with E-state index in [1.54, 1.807) is 7.11 Å². The van der Waals surface area contributed by atoms with Gasteiger partial charge in [-0.1, -0.05) is 6.92 Å². The third kappa shape index (κ3) is 3.64. The van der Waals surface area contributed by atoms with Crippen LogP contribution in [0.15, 0.2) is 0 Å². The zero-order chi connectivity index (χ0) is 13.7. The Hall–Kier alpha value is -1.20. The van der Waals surface area contributed by atoms with Crippen molar-refractivity contribution in [3.8, 4) is 0 Å². The molecule has 0 aromatic carbocycles. The largest absolute Gasteiger partial charge is 0.381 e. The van der Waals surface area contributed by atoms with Gasteiger partial charge in [-0.25, -0.2) is 9.97 Å². The molecule has 1 aromatic rings. The number of nitrogens with one attached hydrogen (secondary N) is 1. The summed E-state index contributed by atoms with van der Waals surface area (Å²) in [5, 5.41) is 3.38. The SMILES string of the molecule is CCCNc1nc(CC(C)OC)nc2c1COCC2. The highest BCUT2D eigenvalue weighted by atomic mass is 16.5. The van der Waals surface area contributed by atoms with E-state index in [1.807, 2.05) is 6.92 Å². The van der Waals surface area contributed by atoms with Crippen LogP contribution in [0.2, 0.25) is 0 Å². The van der Waals surface area contributed by atoms with Crippen molar-refractivity contribution in [3.63, 3.8) is 0 Å². The monoisotopic (exact) mass is 265 g/mol. The Labute approximate surface area is 114 Å². The van der Waals surface area contributed by atoms with E-state index < -0.39 is 0 Å². The zero-order valence-electron chi connectivity index (χ0n) is 12.0. The fourth-order valence-electron chi connectivity index (χ4n) is 2.10. The first-order chi connectivity index (χ1) is 9.24. The van der Waals surface area contributed by atoms with Gasteiger partial charge in [0.1, 0.15) is 11.6 Å². The molecule has 0 saturated heterocycles. The van der Waals surface area contributed by atoms with Crippen molar-refractivity contribution in [2.24, 2.45) is 0 Å². The summed E-state index contributed by atoms with van der Waals surface area (Å²) >= 11 is 0. The minimum atomic E-state index is 0.136. The van der Waals surface area contributed by atoms with Crippen molar-refractivity contribution in [1.82, 2.24) is 9.97 Å². The fourth-order valence-corrected chi connectivity index (χ4v) is 2.10. The van der Waals surface area contributed by atoms with Crippen molar-refractivity contribution in [2.75, 3.05) is 25.6 Å². The smallest absolute Gasteiger partial charge is 0.135 e. The highest BCUT2D eigenvalue weighted by Gasteiger charge is 2.18. The average Bonchev–Trinajstić information content (AvgIpc) is 2.44. The minimum Gasteiger partial charge on any atom is -0.381 e. The van der Waals surface area contributed by atoms with Gasteiger partial charge in [0.2, 0.25) is 0 Å². The van der Waals surface area contributed by atoms with Crippen LogP contribution < -0.4 is 5.32 Å². The maximum absolute atomic E-state index is 5.51. The molecular formula is C14H23N3O2. The van der Waals surface area contributed by atoms with Gasteiger partial charge in [0.15, 0.2) is 0 Å². The molecule has 2 rings (SSSR count). The molecule has 0 amide bonds. The number of nitrogens with zero attached hydrogens (tertiary/aromatic N) is 2. The maximum Gasteiger partial charge on any atom is 0.135 e. The molecule has 0 spiro atoms. The summed E-state index contributed by atoms with van der Waals surface area (Å²) in [6, 6.07) is 0. The van der Waals surface area contributed by atoms with Gasteiger partial charge < -0.3 is 14.8 Å². The molecule has 0 fully saturated rings. The Bertz CT molecular complexity index is 423. The molecule has 19 heavy (non-hydrogen) atoms.